The minimum absolute atomic E-state index is 0.150. The van der Waals surface area contributed by atoms with Gasteiger partial charge in [-0.2, -0.15) is 15.0 Å². The van der Waals surface area contributed by atoms with E-state index in [0.29, 0.717) is 19.5 Å². The topological polar surface area (TPSA) is 109 Å². The minimum Gasteiger partial charge on any atom is -0.444 e. The van der Waals surface area contributed by atoms with Gasteiger partial charge in [-0.3, -0.25) is 0 Å². The fourth-order valence-corrected chi connectivity index (χ4v) is 2.29. The smallest absolute Gasteiger partial charge is 0.410 e. The second-order valence-electron chi connectivity index (χ2n) is 5.96. The van der Waals surface area contributed by atoms with Gasteiger partial charge in [0.25, 0.3) is 0 Å². The Hall–Kier alpha value is -2.28. The number of aromatic nitrogens is 3. The molecule has 2 atom stereocenters. The quantitative estimate of drug-likeness (QED) is 0.482. The molecule has 21 heavy (non-hydrogen) atoms. The van der Waals surface area contributed by atoms with Crippen molar-refractivity contribution in [3.63, 3.8) is 0 Å². The van der Waals surface area contributed by atoms with Crippen LogP contribution in [0.25, 0.3) is 10.4 Å². The molecule has 0 saturated carbocycles. The van der Waals surface area contributed by atoms with Crippen molar-refractivity contribution in [2.24, 2.45) is 5.11 Å². The highest BCUT2D eigenvalue weighted by Crippen LogP contribution is 2.24. The number of hydrogen-bond donors (Lipinski definition) is 0. The summed E-state index contributed by atoms with van der Waals surface area (Å²) >= 11 is 0. The Kier molecular flexibility index (Phi) is 4.32. The number of ether oxygens (including phenoxy) is 1. The maximum absolute atomic E-state index is 12.3. The van der Waals surface area contributed by atoms with E-state index >= 15 is 0 Å². The van der Waals surface area contributed by atoms with Crippen molar-refractivity contribution in [3.05, 3.63) is 22.8 Å². The van der Waals surface area contributed by atoms with Crippen LogP contribution in [0.4, 0.5) is 4.79 Å². The van der Waals surface area contributed by atoms with Crippen LogP contribution in [0.5, 0.6) is 0 Å². The summed E-state index contributed by atoms with van der Waals surface area (Å²) in [6, 6.07) is -0.397. The average molecular weight is 293 g/mol. The van der Waals surface area contributed by atoms with Gasteiger partial charge in [-0.15, -0.1) is 0 Å². The second-order valence-corrected chi connectivity index (χ2v) is 5.96. The summed E-state index contributed by atoms with van der Waals surface area (Å²) in [6.07, 6.45) is 3.33. The number of rotatable bonds is 3. The van der Waals surface area contributed by atoms with Crippen LogP contribution in [0.1, 0.15) is 27.2 Å². The summed E-state index contributed by atoms with van der Waals surface area (Å²) in [7, 11) is 0. The van der Waals surface area contributed by atoms with E-state index in [-0.39, 0.29) is 12.1 Å². The molecule has 1 aliphatic rings. The molecular formula is C12H19N7O2. The van der Waals surface area contributed by atoms with Crippen molar-refractivity contribution in [2.45, 2.75) is 51.4 Å². The molecule has 0 spiro atoms. The maximum atomic E-state index is 12.3. The van der Waals surface area contributed by atoms with Crippen LogP contribution in [0.2, 0.25) is 0 Å². The molecule has 1 aliphatic heterocycles. The van der Waals surface area contributed by atoms with Crippen LogP contribution in [0.15, 0.2) is 17.5 Å². The molecule has 1 saturated heterocycles. The van der Waals surface area contributed by atoms with Crippen molar-refractivity contribution in [3.8, 4) is 0 Å². The van der Waals surface area contributed by atoms with Crippen LogP contribution < -0.4 is 0 Å². The van der Waals surface area contributed by atoms with E-state index in [2.05, 4.69) is 20.2 Å². The molecule has 0 N–H and O–H groups in total. The van der Waals surface area contributed by atoms with Crippen LogP contribution in [0.3, 0.4) is 0 Å². The lowest BCUT2D eigenvalue weighted by molar-refractivity contribution is 0.0207. The predicted octanol–water partition coefficient (Wildman–Crippen LogP) is 1.97. The van der Waals surface area contributed by atoms with Gasteiger partial charge in [0.05, 0.1) is 31.0 Å². The highest BCUT2D eigenvalue weighted by molar-refractivity contribution is 5.69. The zero-order valence-corrected chi connectivity index (χ0v) is 12.4. The van der Waals surface area contributed by atoms with Crippen LogP contribution in [-0.4, -0.2) is 50.2 Å². The van der Waals surface area contributed by atoms with E-state index < -0.39 is 11.7 Å². The van der Waals surface area contributed by atoms with Crippen LogP contribution in [0, 0.1) is 0 Å². The third-order valence-electron chi connectivity index (χ3n) is 3.08. The van der Waals surface area contributed by atoms with Gasteiger partial charge < -0.3 is 9.64 Å². The largest absolute Gasteiger partial charge is 0.444 e. The van der Waals surface area contributed by atoms with Gasteiger partial charge in [0.15, 0.2) is 0 Å². The molecule has 2 rings (SSSR count). The summed E-state index contributed by atoms with van der Waals surface area (Å²) < 4.78 is 5.40. The lowest BCUT2D eigenvalue weighted by atomic mass is 10.2. The fraction of sp³-hybridized carbons (Fsp3) is 0.750. The molecule has 1 fully saturated rings. The first-order chi connectivity index (χ1) is 9.89. The summed E-state index contributed by atoms with van der Waals surface area (Å²) in [4.78, 5) is 18.2. The van der Waals surface area contributed by atoms with Gasteiger partial charge in [-0.25, -0.2) is 4.79 Å². The van der Waals surface area contributed by atoms with E-state index in [1.165, 1.54) is 4.80 Å². The number of carbonyl (C=O) groups is 1. The van der Waals surface area contributed by atoms with Crippen molar-refractivity contribution < 1.29 is 9.53 Å². The van der Waals surface area contributed by atoms with Gasteiger partial charge in [0, 0.05) is 11.5 Å². The van der Waals surface area contributed by atoms with Crippen LogP contribution in [-0.2, 0) is 11.3 Å². The van der Waals surface area contributed by atoms with Gasteiger partial charge in [-0.05, 0) is 32.7 Å². The molecule has 0 radical (unpaired) electrons. The standard InChI is InChI=1S/C12H19N7O2/c1-12(2,3)21-11(20)18-7-9(16-17-13)6-10(18)8-19-14-4-5-15-19/h4-5,9-10H,6-8H2,1-3H3/t9?,10-/m0/s1. The molecular weight excluding hydrogens is 274 g/mol. The molecule has 0 bridgehead atoms. The van der Waals surface area contributed by atoms with Gasteiger partial charge in [0.1, 0.15) is 5.60 Å². The fourth-order valence-electron chi connectivity index (χ4n) is 2.29. The Morgan fingerprint density at radius 2 is 2.14 bits per heavy atom. The normalized spacial score (nSPS) is 22.0. The van der Waals surface area contributed by atoms with Gasteiger partial charge in [0.2, 0.25) is 0 Å². The van der Waals surface area contributed by atoms with E-state index in [1.54, 1.807) is 17.3 Å². The first-order valence-electron chi connectivity index (χ1n) is 6.77. The SMILES string of the molecule is CC(C)(C)OC(=O)N1CC(N=[N+]=[N-])C[C@H]1Cn1nccn1. The highest BCUT2D eigenvalue weighted by Gasteiger charge is 2.37. The summed E-state index contributed by atoms with van der Waals surface area (Å²) in [6.45, 7) is 6.25. The first kappa shape index (κ1) is 15.1. The summed E-state index contributed by atoms with van der Waals surface area (Å²) in [5.74, 6) is 0. The summed E-state index contributed by atoms with van der Waals surface area (Å²) in [5, 5.41) is 11.8. The predicted molar refractivity (Wildman–Crippen MR) is 74.3 cm³/mol. The number of hydrogen-bond acceptors (Lipinski definition) is 5. The molecule has 1 aromatic heterocycles. The number of likely N-dealkylation sites (tertiary alicyclic amines) is 1. The van der Waals surface area contributed by atoms with Crippen molar-refractivity contribution in [1.82, 2.24) is 19.9 Å². The van der Waals surface area contributed by atoms with E-state index in [0.717, 1.165) is 0 Å². The number of nitrogens with zero attached hydrogens (tertiary/aromatic N) is 7. The monoisotopic (exact) mass is 293 g/mol. The molecule has 9 heteroatoms. The van der Waals surface area contributed by atoms with Gasteiger partial charge in [-0.1, -0.05) is 5.11 Å². The maximum Gasteiger partial charge on any atom is 0.410 e. The third-order valence-corrected chi connectivity index (χ3v) is 3.08. The Morgan fingerprint density at radius 1 is 1.48 bits per heavy atom. The molecule has 1 aromatic rings. The molecule has 1 amide bonds. The Balaban J connectivity index is 2.10. The third kappa shape index (κ3) is 4.09. The second kappa shape index (κ2) is 6.01. The minimum atomic E-state index is -0.567. The lowest BCUT2D eigenvalue weighted by Gasteiger charge is -2.28. The van der Waals surface area contributed by atoms with Crippen molar-refractivity contribution in [2.75, 3.05) is 6.54 Å². The molecule has 0 aromatic carbocycles. The number of amides is 1. The zero-order valence-electron chi connectivity index (χ0n) is 12.4. The number of azide groups is 1. The van der Waals surface area contributed by atoms with Crippen LogP contribution >= 0.6 is 0 Å². The highest BCUT2D eigenvalue weighted by atomic mass is 16.6. The number of carbonyl (C=O) groups excluding carboxylic acids is 1. The van der Waals surface area contributed by atoms with Crippen molar-refractivity contribution in [1.29, 1.82) is 0 Å². The average Bonchev–Trinajstić information content (AvgIpc) is 2.98. The lowest BCUT2D eigenvalue weighted by Crippen LogP contribution is -2.42. The summed E-state index contributed by atoms with van der Waals surface area (Å²) in [5.41, 5.74) is 8.01. The van der Waals surface area contributed by atoms with Crippen molar-refractivity contribution >= 4 is 6.09 Å². The zero-order chi connectivity index (χ0) is 15.5. The molecule has 0 aliphatic carbocycles. The van der Waals surface area contributed by atoms with E-state index in [4.69, 9.17) is 10.3 Å². The van der Waals surface area contributed by atoms with Gasteiger partial charge >= 0.3 is 6.09 Å². The molecule has 9 nitrogen and oxygen atoms in total. The molecule has 1 unspecified atom stereocenters. The van der Waals surface area contributed by atoms with E-state index in [1.807, 2.05) is 20.8 Å². The van der Waals surface area contributed by atoms with E-state index in [9.17, 15) is 4.79 Å². The molecule has 2 heterocycles. The Bertz CT molecular complexity index is 530. The Labute approximate surface area is 122 Å². The first-order valence-corrected chi connectivity index (χ1v) is 6.77. The Morgan fingerprint density at radius 3 is 2.71 bits per heavy atom. The molecule has 114 valence electrons.